The summed E-state index contributed by atoms with van der Waals surface area (Å²) in [4.78, 5) is 17.2. The van der Waals surface area contributed by atoms with Gasteiger partial charge in [-0.2, -0.15) is 0 Å². The van der Waals surface area contributed by atoms with E-state index in [0.29, 0.717) is 11.4 Å². The predicted molar refractivity (Wildman–Crippen MR) is 105 cm³/mol. The third-order valence-corrected chi connectivity index (χ3v) is 4.66. The number of amides is 1. The number of carbonyl (C=O) groups excluding carboxylic acids is 1. The Hall–Kier alpha value is -2.65. The molecule has 0 fully saturated rings. The maximum Gasteiger partial charge on any atom is 0.228 e. The van der Waals surface area contributed by atoms with Gasteiger partial charge >= 0.3 is 0 Å². The number of pyridine rings is 1. The van der Waals surface area contributed by atoms with Crippen LogP contribution in [0.25, 0.3) is 0 Å². The molecule has 1 aromatic heterocycles. The van der Waals surface area contributed by atoms with E-state index in [9.17, 15) is 4.79 Å². The summed E-state index contributed by atoms with van der Waals surface area (Å²) in [5.41, 5.74) is 3.04. The van der Waals surface area contributed by atoms with E-state index in [4.69, 9.17) is 11.6 Å². The van der Waals surface area contributed by atoms with Crippen molar-refractivity contribution < 1.29 is 4.79 Å². The van der Waals surface area contributed by atoms with Crippen molar-refractivity contribution in [1.29, 1.82) is 0 Å². The molecule has 1 heterocycles. The number of rotatable bonds is 6. The summed E-state index contributed by atoms with van der Waals surface area (Å²) in [6.45, 7) is 2.00. The second-order valence-electron chi connectivity index (χ2n) is 6.31. The molecule has 1 amide bonds. The Morgan fingerprint density at radius 2 is 1.73 bits per heavy atom. The summed E-state index contributed by atoms with van der Waals surface area (Å²) < 4.78 is 0. The van der Waals surface area contributed by atoms with Gasteiger partial charge in [0.05, 0.1) is 12.0 Å². The van der Waals surface area contributed by atoms with Gasteiger partial charge < -0.3 is 5.32 Å². The average molecular weight is 365 g/mol. The van der Waals surface area contributed by atoms with Gasteiger partial charge in [-0.15, -0.1) is 0 Å². The summed E-state index contributed by atoms with van der Waals surface area (Å²) in [5, 5.41) is 3.80. The zero-order valence-corrected chi connectivity index (χ0v) is 15.4. The molecule has 1 N–H and O–H groups in total. The number of hydrogen-bond donors (Lipinski definition) is 1. The minimum absolute atomic E-state index is 0.00692. The van der Waals surface area contributed by atoms with Gasteiger partial charge in [-0.1, -0.05) is 60.1 Å². The van der Waals surface area contributed by atoms with Crippen LogP contribution in [-0.2, 0) is 11.2 Å². The van der Waals surface area contributed by atoms with Crippen molar-refractivity contribution in [3.63, 3.8) is 0 Å². The highest BCUT2D eigenvalue weighted by molar-refractivity contribution is 6.30. The predicted octanol–water partition coefficient (Wildman–Crippen LogP) is 4.94. The molecule has 3 nitrogen and oxygen atoms in total. The summed E-state index contributed by atoms with van der Waals surface area (Å²) in [5.74, 6) is -0.310. The lowest BCUT2D eigenvalue weighted by atomic mass is 9.91. The van der Waals surface area contributed by atoms with Crippen LogP contribution in [0, 0.1) is 0 Å². The van der Waals surface area contributed by atoms with Gasteiger partial charge in [-0.05, 0) is 48.2 Å². The van der Waals surface area contributed by atoms with Gasteiger partial charge in [0.2, 0.25) is 5.91 Å². The average Bonchev–Trinajstić information content (AvgIpc) is 2.68. The summed E-state index contributed by atoms with van der Waals surface area (Å²) in [6.07, 6.45) is 4.12. The third kappa shape index (κ3) is 4.70. The van der Waals surface area contributed by atoms with Gasteiger partial charge in [0.15, 0.2) is 0 Å². The first kappa shape index (κ1) is 18.2. The molecule has 0 aliphatic heterocycles. The molecule has 2 aromatic carbocycles. The van der Waals surface area contributed by atoms with Crippen LogP contribution in [0.4, 0.5) is 0 Å². The first-order chi connectivity index (χ1) is 12.6. The molecule has 0 aliphatic rings. The van der Waals surface area contributed by atoms with Crippen molar-refractivity contribution in [1.82, 2.24) is 10.3 Å². The highest BCUT2D eigenvalue weighted by atomic mass is 35.5. The lowest BCUT2D eigenvalue weighted by Gasteiger charge is -2.21. The van der Waals surface area contributed by atoms with E-state index in [1.165, 1.54) is 0 Å². The molecule has 0 saturated carbocycles. The molecular weight excluding hydrogens is 344 g/mol. The first-order valence-electron chi connectivity index (χ1n) is 8.63. The molecule has 0 bridgehead atoms. The minimum Gasteiger partial charge on any atom is -0.349 e. The number of halogens is 1. The minimum atomic E-state index is -0.303. The lowest BCUT2D eigenvalue weighted by Crippen LogP contribution is -2.32. The Bertz CT molecular complexity index is 835. The van der Waals surface area contributed by atoms with Crippen molar-refractivity contribution in [2.75, 3.05) is 0 Å². The summed E-state index contributed by atoms with van der Waals surface area (Å²) in [7, 11) is 0. The highest BCUT2D eigenvalue weighted by Gasteiger charge is 2.23. The van der Waals surface area contributed by atoms with Crippen LogP contribution in [0.1, 0.15) is 35.6 Å². The second-order valence-corrected chi connectivity index (χ2v) is 6.75. The van der Waals surface area contributed by atoms with Crippen molar-refractivity contribution in [3.05, 3.63) is 101 Å². The van der Waals surface area contributed by atoms with Crippen LogP contribution >= 0.6 is 11.6 Å². The molecule has 2 unspecified atom stereocenters. The Morgan fingerprint density at radius 3 is 2.38 bits per heavy atom. The number of aromatic nitrogens is 1. The van der Waals surface area contributed by atoms with Crippen LogP contribution in [0.5, 0.6) is 0 Å². The molecule has 0 spiro atoms. The quantitative estimate of drug-likeness (QED) is 0.673. The standard InChI is InChI=1S/C22H21ClN2O/c1-16(18-7-3-2-4-8-18)25-22(26)21(14-17-6-5-13-24-15-17)19-9-11-20(23)12-10-19/h2-13,15-16,21H,14H2,1H3,(H,25,26). The summed E-state index contributed by atoms with van der Waals surface area (Å²) >= 11 is 6.01. The van der Waals surface area contributed by atoms with Crippen LogP contribution < -0.4 is 5.32 Å². The molecular formula is C22H21ClN2O. The molecule has 26 heavy (non-hydrogen) atoms. The van der Waals surface area contributed by atoms with E-state index in [0.717, 1.165) is 16.7 Å². The fourth-order valence-corrected chi connectivity index (χ4v) is 3.08. The van der Waals surface area contributed by atoms with Gasteiger partial charge in [-0.25, -0.2) is 0 Å². The zero-order chi connectivity index (χ0) is 18.4. The van der Waals surface area contributed by atoms with E-state index in [1.807, 2.05) is 73.7 Å². The van der Waals surface area contributed by atoms with Crippen LogP contribution in [0.2, 0.25) is 5.02 Å². The SMILES string of the molecule is CC(NC(=O)C(Cc1cccnc1)c1ccc(Cl)cc1)c1ccccc1. The Labute approximate surface area is 159 Å². The Kier molecular flexibility index (Phi) is 6.03. The molecule has 3 rings (SSSR count). The Morgan fingerprint density at radius 1 is 1.00 bits per heavy atom. The highest BCUT2D eigenvalue weighted by Crippen LogP contribution is 2.24. The molecule has 0 radical (unpaired) electrons. The van der Waals surface area contributed by atoms with Crippen molar-refractivity contribution in [2.45, 2.75) is 25.3 Å². The lowest BCUT2D eigenvalue weighted by molar-refractivity contribution is -0.123. The number of nitrogens with zero attached hydrogens (tertiary/aromatic N) is 1. The van der Waals surface area contributed by atoms with E-state index in [1.54, 1.807) is 12.4 Å². The fraction of sp³-hybridized carbons (Fsp3) is 0.182. The maximum atomic E-state index is 13.1. The van der Waals surface area contributed by atoms with E-state index in [2.05, 4.69) is 10.3 Å². The Balaban J connectivity index is 1.82. The fourth-order valence-electron chi connectivity index (χ4n) is 2.95. The van der Waals surface area contributed by atoms with Crippen LogP contribution in [-0.4, -0.2) is 10.9 Å². The smallest absolute Gasteiger partial charge is 0.228 e. The summed E-state index contributed by atoms with van der Waals surface area (Å²) in [6, 6.07) is 21.2. The zero-order valence-electron chi connectivity index (χ0n) is 14.6. The third-order valence-electron chi connectivity index (χ3n) is 4.41. The molecule has 4 heteroatoms. The van der Waals surface area contributed by atoms with E-state index < -0.39 is 0 Å². The molecule has 132 valence electrons. The number of hydrogen-bond acceptors (Lipinski definition) is 2. The van der Waals surface area contributed by atoms with E-state index in [-0.39, 0.29) is 17.9 Å². The van der Waals surface area contributed by atoms with Crippen molar-refractivity contribution >= 4 is 17.5 Å². The van der Waals surface area contributed by atoms with Crippen molar-refractivity contribution in [2.24, 2.45) is 0 Å². The molecule has 0 saturated heterocycles. The van der Waals surface area contributed by atoms with Gasteiger partial charge in [0.1, 0.15) is 0 Å². The second kappa shape index (κ2) is 8.63. The van der Waals surface area contributed by atoms with Gasteiger partial charge in [-0.3, -0.25) is 9.78 Å². The number of nitrogens with one attached hydrogen (secondary N) is 1. The molecule has 2 atom stereocenters. The topological polar surface area (TPSA) is 42.0 Å². The monoisotopic (exact) mass is 364 g/mol. The van der Waals surface area contributed by atoms with Gasteiger partial charge in [0.25, 0.3) is 0 Å². The molecule has 3 aromatic rings. The molecule has 0 aliphatic carbocycles. The maximum absolute atomic E-state index is 13.1. The van der Waals surface area contributed by atoms with E-state index >= 15 is 0 Å². The first-order valence-corrected chi connectivity index (χ1v) is 9.01. The largest absolute Gasteiger partial charge is 0.349 e. The van der Waals surface area contributed by atoms with Crippen molar-refractivity contribution in [3.8, 4) is 0 Å². The van der Waals surface area contributed by atoms with Crippen LogP contribution in [0.3, 0.4) is 0 Å². The number of benzene rings is 2. The van der Waals surface area contributed by atoms with Crippen LogP contribution in [0.15, 0.2) is 79.1 Å². The van der Waals surface area contributed by atoms with Gasteiger partial charge in [0, 0.05) is 17.4 Å². The normalized spacial score (nSPS) is 13.0. The number of carbonyl (C=O) groups is 1.